The quantitative estimate of drug-likeness (QED) is 0.327. The summed E-state index contributed by atoms with van der Waals surface area (Å²) < 4.78 is 11.5. The van der Waals surface area contributed by atoms with Crippen molar-refractivity contribution in [3.8, 4) is 11.5 Å². The third kappa shape index (κ3) is 4.83. The van der Waals surface area contributed by atoms with Crippen molar-refractivity contribution >= 4 is 23.9 Å². The van der Waals surface area contributed by atoms with Crippen LogP contribution in [0.1, 0.15) is 35.1 Å². The van der Waals surface area contributed by atoms with Crippen molar-refractivity contribution in [3.05, 3.63) is 58.7 Å². The van der Waals surface area contributed by atoms with Crippen LogP contribution in [0.25, 0.3) is 0 Å². The van der Waals surface area contributed by atoms with Gasteiger partial charge in [-0.15, -0.1) is 0 Å². The zero-order chi connectivity index (χ0) is 34.4. The van der Waals surface area contributed by atoms with Gasteiger partial charge >= 0.3 is 12.1 Å². The Hall–Kier alpha value is -4.56. The Morgan fingerprint density at radius 2 is 1.04 bits per heavy atom. The highest BCUT2D eigenvalue weighted by atomic mass is 16.5. The van der Waals surface area contributed by atoms with Crippen molar-refractivity contribution in [3.63, 3.8) is 0 Å². The average Bonchev–Trinajstić information content (AvgIpc) is 3.23. The summed E-state index contributed by atoms with van der Waals surface area (Å²) in [4.78, 5) is 70.0. The van der Waals surface area contributed by atoms with E-state index in [0.29, 0.717) is 48.6 Å². The second-order valence-electron chi connectivity index (χ2n) is 13.3. The smallest absolute Gasteiger partial charge is 0.325 e. The second kappa shape index (κ2) is 12.8. The first-order valence-electron chi connectivity index (χ1n) is 16.4. The molecule has 0 aliphatic carbocycles. The maximum atomic E-state index is 15.1. The average molecular weight is 663 g/mol. The molecule has 14 nitrogen and oxygen atoms in total. The molecule has 2 saturated heterocycles. The van der Waals surface area contributed by atoms with Crippen molar-refractivity contribution < 1.29 is 28.7 Å². The van der Waals surface area contributed by atoms with E-state index in [1.165, 1.54) is 33.8 Å². The van der Waals surface area contributed by atoms with E-state index in [-0.39, 0.29) is 39.3 Å². The van der Waals surface area contributed by atoms with E-state index >= 15 is 19.2 Å². The van der Waals surface area contributed by atoms with Crippen LogP contribution in [0.3, 0.4) is 0 Å². The van der Waals surface area contributed by atoms with E-state index in [2.05, 4.69) is 10.6 Å². The van der Waals surface area contributed by atoms with Crippen LogP contribution in [0.2, 0.25) is 0 Å². The van der Waals surface area contributed by atoms with Crippen LogP contribution in [-0.2, 0) is 35.8 Å². The zero-order valence-electron chi connectivity index (χ0n) is 28.7. The molecule has 0 atom stereocenters. The van der Waals surface area contributed by atoms with E-state index < -0.39 is 35.2 Å². The van der Waals surface area contributed by atoms with Crippen molar-refractivity contribution in [2.45, 2.75) is 50.3 Å². The molecule has 4 aliphatic heterocycles. The number of methoxy groups -OCH3 is 2. The molecule has 6 amide bonds. The summed E-state index contributed by atoms with van der Waals surface area (Å²) in [6.07, 6.45) is 1.26. The van der Waals surface area contributed by atoms with Gasteiger partial charge in [-0.1, -0.05) is 24.3 Å². The van der Waals surface area contributed by atoms with Gasteiger partial charge in [0.05, 0.1) is 40.4 Å². The first-order valence-corrected chi connectivity index (χ1v) is 16.4. The lowest BCUT2D eigenvalue weighted by Gasteiger charge is -2.45. The Morgan fingerprint density at radius 1 is 0.667 bits per heavy atom. The van der Waals surface area contributed by atoms with E-state index in [1.54, 1.807) is 12.1 Å². The number of benzene rings is 2. The Bertz CT molecular complexity index is 1530. The molecular formula is C34H46N8O6. The van der Waals surface area contributed by atoms with Gasteiger partial charge in [-0.3, -0.25) is 29.2 Å². The molecule has 48 heavy (non-hydrogen) atoms. The van der Waals surface area contributed by atoms with E-state index in [9.17, 15) is 0 Å². The van der Waals surface area contributed by atoms with Crippen molar-refractivity contribution in [1.82, 2.24) is 40.0 Å². The van der Waals surface area contributed by atoms with E-state index in [0.717, 1.165) is 11.1 Å². The summed E-state index contributed by atoms with van der Waals surface area (Å²) in [6, 6.07) is 9.98. The molecule has 0 aromatic heterocycles. The van der Waals surface area contributed by atoms with Gasteiger partial charge in [-0.2, -0.15) is 0 Å². The largest absolute Gasteiger partial charge is 0.496 e. The summed E-state index contributed by atoms with van der Waals surface area (Å²) in [5.41, 5.74) is -1.28. The van der Waals surface area contributed by atoms with Crippen LogP contribution in [0.4, 0.5) is 9.59 Å². The molecule has 2 aromatic carbocycles. The van der Waals surface area contributed by atoms with Gasteiger partial charge in [-0.05, 0) is 77.4 Å². The normalized spacial score (nSPS) is 22.3. The molecule has 4 heterocycles. The van der Waals surface area contributed by atoms with Gasteiger partial charge in [-0.25, -0.2) is 9.59 Å². The van der Waals surface area contributed by atoms with Crippen molar-refractivity contribution in [2.75, 3.05) is 68.6 Å². The summed E-state index contributed by atoms with van der Waals surface area (Å²) in [6.45, 7) is 1.88. The Labute approximate surface area is 281 Å². The van der Waals surface area contributed by atoms with Gasteiger partial charge in [0.15, 0.2) is 0 Å². The first-order chi connectivity index (χ1) is 23.0. The van der Waals surface area contributed by atoms with E-state index in [4.69, 9.17) is 9.47 Å². The van der Waals surface area contributed by atoms with Crippen molar-refractivity contribution in [1.29, 1.82) is 0 Å². The highest BCUT2D eigenvalue weighted by molar-refractivity contribution is 6.12. The molecule has 6 rings (SSSR count). The third-order valence-corrected chi connectivity index (χ3v) is 9.93. The third-order valence-electron chi connectivity index (χ3n) is 9.93. The van der Waals surface area contributed by atoms with Gasteiger partial charge in [0.1, 0.15) is 11.5 Å². The maximum Gasteiger partial charge on any atom is 0.325 e. The van der Waals surface area contributed by atoms with Crippen LogP contribution in [-0.4, -0.2) is 133 Å². The molecule has 258 valence electrons. The number of fused-ring (bicyclic) bond motifs is 2. The molecule has 2 fully saturated rings. The van der Waals surface area contributed by atoms with Crippen LogP contribution >= 0.6 is 0 Å². The van der Waals surface area contributed by atoms with Crippen LogP contribution < -0.4 is 20.1 Å². The van der Waals surface area contributed by atoms with Crippen LogP contribution in [0.5, 0.6) is 11.5 Å². The summed E-state index contributed by atoms with van der Waals surface area (Å²) in [5, 5.41) is 6.12. The lowest BCUT2D eigenvalue weighted by molar-refractivity contribution is -0.163. The molecule has 0 saturated carbocycles. The monoisotopic (exact) mass is 662 g/mol. The van der Waals surface area contributed by atoms with Gasteiger partial charge in [0.25, 0.3) is 23.1 Å². The molecule has 0 spiro atoms. The lowest BCUT2D eigenvalue weighted by Crippen LogP contribution is -2.77. The number of hydrogen-bond donors (Lipinski definition) is 2. The Kier molecular flexibility index (Phi) is 8.90. The zero-order valence-corrected chi connectivity index (χ0v) is 28.7. The SMILES string of the molecule is COc1ccc(OC)c2c1CN1C(=O)N3Cc4ccccc4CN4C(=O)N(C2)C1(C(=O)NCCCN(C)C)C34C(=O)NCCCN(C)C. The number of nitrogens with one attached hydrogen (secondary N) is 2. The molecule has 0 radical (unpaired) electrons. The standard InChI is InChI=1S/C34H46N8O6/c1-37(2)17-9-15-35-29(43)33-34(30(44)36-16-10-18-38(3)4)41-21-25-26(28(48-6)14-13-27(25)47-5)22-42(34)32(46)40(33)20-24-12-8-7-11-23(24)19-39(33)31(41)45/h7-8,11-14H,9-10,15-22H2,1-6H3,(H,35,43)(H,36,44). The minimum atomic E-state index is -2.07. The fourth-order valence-corrected chi connectivity index (χ4v) is 7.77. The number of amides is 6. The number of ether oxygens (including phenoxy) is 2. The number of carbonyl (C=O) groups excluding carboxylic acids is 4. The number of carbonyl (C=O) groups is 4. The fourth-order valence-electron chi connectivity index (χ4n) is 7.77. The Morgan fingerprint density at radius 3 is 1.40 bits per heavy atom. The van der Waals surface area contributed by atoms with Crippen LogP contribution in [0.15, 0.2) is 36.4 Å². The highest BCUT2D eigenvalue weighted by Gasteiger charge is 2.85. The van der Waals surface area contributed by atoms with Crippen LogP contribution in [0, 0.1) is 0 Å². The molecule has 14 heteroatoms. The number of rotatable bonds is 12. The number of nitrogens with zero attached hydrogens (tertiary/aromatic N) is 6. The number of hydrogen-bond acceptors (Lipinski definition) is 8. The lowest BCUT2D eigenvalue weighted by atomic mass is 9.88. The minimum Gasteiger partial charge on any atom is -0.496 e. The second-order valence-corrected chi connectivity index (χ2v) is 13.3. The predicted molar refractivity (Wildman–Crippen MR) is 177 cm³/mol. The van der Waals surface area contributed by atoms with E-state index in [1.807, 2.05) is 62.3 Å². The molecule has 2 N–H and O–H groups in total. The topological polar surface area (TPSA) is 130 Å². The summed E-state index contributed by atoms with van der Waals surface area (Å²) in [7, 11) is 10.9. The van der Waals surface area contributed by atoms with Crippen molar-refractivity contribution in [2.24, 2.45) is 0 Å². The molecule has 4 aliphatic rings. The Balaban J connectivity index is 1.59. The molecule has 0 unspecified atom stereocenters. The molecular weight excluding hydrogens is 616 g/mol. The van der Waals surface area contributed by atoms with Gasteiger partial charge in [0.2, 0.25) is 0 Å². The predicted octanol–water partition coefficient (Wildman–Crippen LogP) is 1.43. The molecule has 2 aromatic rings. The number of urea groups is 2. The molecule has 0 bridgehead atoms. The minimum absolute atomic E-state index is 0.0337. The fraction of sp³-hybridized carbons (Fsp3) is 0.529. The first kappa shape index (κ1) is 33.3. The summed E-state index contributed by atoms with van der Waals surface area (Å²) >= 11 is 0. The van der Waals surface area contributed by atoms with Gasteiger partial charge in [0, 0.05) is 24.2 Å². The maximum absolute atomic E-state index is 15.1. The van der Waals surface area contributed by atoms with Gasteiger partial charge < -0.3 is 29.9 Å². The summed E-state index contributed by atoms with van der Waals surface area (Å²) in [5.74, 6) is -0.192. The highest BCUT2D eigenvalue weighted by Crippen LogP contribution is 2.57.